The number of amides is 1. The normalized spacial score (nSPS) is 12.1. The van der Waals surface area contributed by atoms with Crippen molar-refractivity contribution in [2.75, 3.05) is 19.7 Å². The number of hydrogen-bond donors (Lipinski definition) is 3. The van der Waals surface area contributed by atoms with Gasteiger partial charge in [0.15, 0.2) is 0 Å². The Kier molecular flexibility index (Phi) is 6.29. The summed E-state index contributed by atoms with van der Waals surface area (Å²) in [6, 6.07) is 9.17. The molecule has 17 heavy (non-hydrogen) atoms. The van der Waals surface area contributed by atoms with Gasteiger partial charge < -0.3 is 15.7 Å². The highest BCUT2D eigenvalue weighted by atomic mass is 16.3. The second kappa shape index (κ2) is 7.81. The molecule has 1 unspecified atom stereocenters. The molecule has 0 bridgehead atoms. The van der Waals surface area contributed by atoms with Gasteiger partial charge >= 0.3 is 0 Å². The van der Waals surface area contributed by atoms with Gasteiger partial charge in [-0.3, -0.25) is 4.79 Å². The van der Waals surface area contributed by atoms with Crippen LogP contribution < -0.4 is 10.6 Å². The summed E-state index contributed by atoms with van der Waals surface area (Å²) in [5.74, 6) is -0.0474. The van der Waals surface area contributed by atoms with Gasteiger partial charge in [0.2, 0.25) is 5.91 Å². The minimum atomic E-state index is -0.315. The first kappa shape index (κ1) is 13.7. The molecule has 1 aromatic carbocycles. The monoisotopic (exact) mass is 236 g/mol. The number of carbonyl (C=O) groups is 1. The molecule has 0 aliphatic heterocycles. The van der Waals surface area contributed by atoms with Gasteiger partial charge in [-0.05, 0) is 12.1 Å². The molecule has 1 rings (SSSR count). The van der Waals surface area contributed by atoms with E-state index < -0.39 is 0 Å². The van der Waals surface area contributed by atoms with E-state index in [1.165, 1.54) is 0 Å². The lowest BCUT2D eigenvalue weighted by atomic mass is 10.1. The Morgan fingerprint density at radius 2 is 2.06 bits per heavy atom. The second-order valence-electron chi connectivity index (χ2n) is 3.82. The molecule has 0 saturated carbocycles. The summed E-state index contributed by atoms with van der Waals surface area (Å²) in [7, 11) is 0. The van der Waals surface area contributed by atoms with Crippen LogP contribution in [0.15, 0.2) is 30.3 Å². The molecule has 0 radical (unpaired) electrons. The van der Waals surface area contributed by atoms with E-state index in [1.54, 1.807) is 0 Å². The Hall–Kier alpha value is -1.39. The Labute approximate surface area is 102 Å². The summed E-state index contributed by atoms with van der Waals surface area (Å²) in [5.41, 5.74) is 0.923. The molecular formula is C13H20N2O2. The van der Waals surface area contributed by atoms with Gasteiger partial charge in [0, 0.05) is 13.0 Å². The third kappa shape index (κ3) is 4.97. The number of aliphatic hydroxyl groups is 1. The molecule has 0 heterocycles. The van der Waals surface area contributed by atoms with Gasteiger partial charge in [-0.1, -0.05) is 37.3 Å². The first-order valence-electron chi connectivity index (χ1n) is 5.93. The zero-order valence-electron chi connectivity index (χ0n) is 10.1. The molecule has 4 heteroatoms. The molecule has 1 aromatic rings. The maximum absolute atomic E-state index is 11.6. The highest BCUT2D eigenvalue weighted by Crippen LogP contribution is 2.11. The number of carbonyl (C=O) groups excluding carboxylic acids is 1. The van der Waals surface area contributed by atoms with E-state index in [1.807, 2.05) is 37.3 Å². The molecule has 3 N–H and O–H groups in total. The van der Waals surface area contributed by atoms with Crippen LogP contribution in [-0.4, -0.2) is 30.7 Å². The molecule has 0 saturated heterocycles. The van der Waals surface area contributed by atoms with E-state index >= 15 is 0 Å². The molecule has 4 nitrogen and oxygen atoms in total. The molecule has 0 fully saturated rings. The summed E-state index contributed by atoms with van der Waals surface area (Å²) in [4.78, 5) is 11.6. The maximum atomic E-state index is 11.6. The van der Waals surface area contributed by atoms with Crippen LogP contribution in [-0.2, 0) is 4.79 Å². The van der Waals surface area contributed by atoms with E-state index in [0.717, 1.165) is 12.1 Å². The predicted molar refractivity (Wildman–Crippen MR) is 67.6 cm³/mol. The fraction of sp³-hybridized carbons (Fsp3) is 0.462. The molecule has 1 amide bonds. The third-order valence-corrected chi connectivity index (χ3v) is 2.50. The minimum Gasteiger partial charge on any atom is -0.394 e. The maximum Gasteiger partial charge on any atom is 0.221 e. The van der Waals surface area contributed by atoms with Crippen LogP contribution >= 0.6 is 0 Å². The first-order valence-corrected chi connectivity index (χ1v) is 5.93. The lowest BCUT2D eigenvalue weighted by molar-refractivity contribution is -0.122. The van der Waals surface area contributed by atoms with E-state index in [0.29, 0.717) is 13.0 Å². The second-order valence-corrected chi connectivity index (χ2v) is 3.82. The van der Waals surface area contributed by atoms with Crippen molar-refractivity contribution in [3.63, 3.8) is 0 Å². The minimum absolute atomic E-state index is 0.0474. The van der Waals surface area contributed by atoms with E-state index in [4.69, 9.17) is 0 Å². The molecule has 1 atom stereocenters. The van der Waals surface area contributed by atoms with Gasteiger partial charge in [0.05, 0.1) is 12.6 Å². The molecular weight excluding hydrogens is 216 g/mol. The van der Waals surface area contributed by atoms with Crippen LogP contribution in [0.5, 0.6) is 0 Å². The third-order valence-electron chi connectivity index (χ3n) is 2.50. The van der Waals surface area contributed by atoms with Crippen molar-refractivity contribution < 1.29 is 9.90 Å². The van der Waals surface area contributed by atoms with Crippen molar-refractivity contribution >= 4 is 5.91 Å². The standard InChI is InChI=1S/C13H20N2O2/c1-2-14-9-8-13(17)15-12(10-16)11-6-4-3-5-7-11/h3-7,12,14,16H,2,8-10H2,1H3,(H,15,17). The fourth-order valence-electron chi connectivity index (χ4n) is 1.56. The van der Waals surface area contributed by atoms with Crippen molar-refractivity contribution in [1.29, 1.82) is 0 Å². The summed E-state index contributed by atoms with van der Waals surface area (Å²) < 4.78 is 0. The smallest absolute Gasteiger partial charge is 0.221 e. The SMILES string of the molecule is CCNCCC(=O)NC(CO)c1ccccc1. The summed E-state index contributed by atoms with van der Waals surface area (Å²) in [5, 5.41) is 15.2. The zero-order valence-corrected chi connectivity index (χ0v) is 10.1. The molecule has 0 spiro atoms. The van der Waals surface area contributed by atoms with Gasteiger partial charge in [-0.25, -0.2) is 0 Å². The molecule has 0 aromatic heterocycles. The van der Waals surface area contributed by atoms with Crippen LogP contribution in [0.1, 0.15) is 24.9 Å². The van der Waals surface area contributed by atoms with Crippen molar-refractivity contribution in [3.05, 3.63) is 35.9 Å². The van der Waals surface area contributed by atoms with Crippen molar-refractivity contribution in [2.45, 2.75) is 19.4 Å². The van der Waals surface area contributed by atoms with Crippen LogP contribution in [0.2, 0.25) is 0 Å². The van der Waals surface area contributed by atoms with Gasteiger partial charge in [0.1, 0.15) is 0 Å². The summed E-state index contributed by atoms with van der Waals surface area (Å²) >= 11 is 0. The molecule has 0 aliphatic carbocycles. The largest absolute Gasteiger partial charge is 0.394 e. The van der Waals surface area contributed by atoms with Gasteiger partial charge in [-0.15, -0.1) is 0 Å². The number of benzene rings is 1. The first-order chi connectivity index (χ1) is 8.27. The predicted octanol–water partition coefficient (Wildman–Crippen LogP) is 0.836. The van der Waals surface area contributed by atoms with Crippen LogP contribution in [0.3, 0.4) is 0 Å². The highest BCUT2D eigenvalue weighted by molar-refractivity contribution is 5.76. The fourth-order valence-corrected chi connectivity index (χ4v) is 1.56. The number of aliphatic hydroxyl groups excluding tert-OH is 1. The summed E-state index contributed by atoms with van der Waals surface area (Å²) in [6.45, 7) is 3.43. The lowest BCUT2D eigenvalue weighted by Crippen LogP contribution is -2.32. The molecule has 0 aliphatic rings. The topological polar surface area (TPSA) is 61.4 Å². The van der Waals surface area contributed by atoms with E-state index in [9.17, 15) is 9.90 Å². The van der Waals surface area contributed by atoms with Crippen molar-refractivity contribution in [3.8, 4) is 0 Å². The number of rotatable bonds is 7. The van der Waals surface area contributed by atoms with Gasteiger partial charge in [0.25, 0.3) is 0 Å². The Bertz CT molecular complexity index is 327. The lowest BCUT2D eigenvalue weighted by Gasteiger charge is -2.16. The number of hydrogen-bond acceptors (Lipinski definition) is 3. The quantitative estimate of drug-likeness (QED) is 0.615. The Morgan fingerprint density at radius 3 is 2.65 bits per heavy atom. The molecule has 94 valence electrons. The van der Waals surface area contributed by atoms with Crippen LogP contribution in [0.4, 0.5) is 0 Å². The van der Waals surface area contributed by atoms with E-state index in [-0.39, 0.29) is 18.6 Å². The number of nitrogens with one attached hydrogen (secondary N) is 2. The Balaban J connectivity index is 2.44. The average molecular weight is 236 g/mol. The average Bonchev–Trinajstić information content (AvgIpc) is 2.37. The van der Waals surface area contributed by atoms with E-state index in [2.05, 4.69) is 10.6 Å². The van der Waals surface area contributed by atoms with Crippen molar-refractivity contribution in [2.24, 2.45) is 0 Å². The van der Waals surface area contributed by atoms with Gasteiger partial charge in [-0.2, -0.15) is 0 Å². The van der Waals surface area contributed by atoms with Crippen LogP contribution in [0, 0.1) is 0 Å². The highest BCUT2D eigenvalue weighted by Gasteiger charge is 2.12. The summed E-state index contributed by atoms with van der Waals surface area (Å²) in [6.07, 6.45) is 0.428. The Morgan fingerprint density at radius 1 is 1.35 bits per heavy atom. The zero-order chi connectivity index (χ0) is 12.5. The van der Waals surface area contributed by atoms with Crippen molar-refractivity contribution in [1.82, 2.24) is 10.6 Å². The van der Waals surface area contributed by atoms with Crippen LogP contribution in [0.25, 0.3) is 0 Å².